The second-order valence-corrected chi connectivity index (χ2v) is 5.99. The van der Waals surface area contributed by atoms with E-state index in [4.69, 9.17) is 10.5 Å². The van der Waals surface area contributed by atoms with E-state index in [1.54, 1.807) is 7.11 Å². The van der Waals surface area contributed by atoms with E-state index in [0.29, 0.717) is 0 Å². The number of ether oxygens (including phenoxy) is 1. The average molecular weight is 328 g/mol. The van der Waals surface area contributed by atoms with E-state index in [1.165, 1.54) is 18.4 Å². The molecular formula is C14H22BrN3O. The molecule has 2 rings (SSSR count). The molecule has 2 heterocycles. The number of aromatic nitrogens is 1. The molecular weight excluding hydrogens is 306 g/mol. The van der Waals surface area contributed by atoms with Crippen LogP contribution in [0.15, 0.2) is 22.9 Å². The van der Waals surface area contributed by atoms with Gasteiger partial charge in [-0.05, 0) is 46.9 Å². The fourth-order valence-corrected chi connectivity index (χ4v) is 3.15. The van der Waals surface area contributed by atoms with Gasteiger partial charge in [0.05, 0.1) is 12.6 Å². The van der Waals surface area contributed by atoms with Gasteiger partial charge in [-0.1, -0.05) is 6.42 Å². The van der Waals surface area contributed by atoms with Crippen LogP contribution in [-0.4, -0.2) is 42.7 Å². The Morgan fingerprint density at radius 1 is 1.47 bits per heavy atom. The van der Waals surface area contributed by atoms with Crippen LogP contribution in [0.2, 0.25) is 0 Å². The lowest BCUT2D eigenvalue weighted by Crippen LogP contribution is -2.41. The molecule has 0 bridgehead atoms. The molecule has 0 amide bonds. The third kappa shape index (κ3) is 3.99. The predicted octanol–water partition coefficient (Wildman–Crippen LogP) is 2.34. The van der Waals surface area contributed by atoms with Gasteiger partial charge in [0.25, 0.3) is 0 Å². The van der Waals surface area contributed by atoms with E-state index in [2.05, 4.69) is 31.9 Å². The molecule has 19 heavy (non-hydrogen) atoms. The molecule has 4 nitrogen and oxygen atoms in total. The number of methoxy groups -OCH3 is 1. The fourth-order valence-electron chi connectivity index (χ4n) is 2.77. The van der Waals surface area contributed by atoms with Crippen molar-refractivity contribution in [2.24, 2.45) is 5.73 Å². The Hall–Kier alpha value is -0.490. The lowest BCUT2D eigenvalue weighted by Gasteiger charge is -2.33. The van der Waals surface area contributed by atoms with Crippen molar-refractivity contribution >= 4 is 15.9 Å². The number of halogens is 1. The molecule has 0 aliphatic carbocycles. The second-order valence-electron chi connectivity index (χ2n) is 5.07. The van der Waals surface area contributed by atoms with Crippen LogP contribution in [0.25, 0.3) is 0 Å². The van der Waals surface area contributed by atoms with E-state index in [-0.39, 0.29) is 12.1 Å². The van der Waals surface area contributed by atoms with Crippen molar-refractivity contribution in [3.8, 4) is 0 Å². The zero-order chi connectivity index (χ0) is 13.7. The number of likely N-dealkylation sites (tertiary alicyclic amines) is 1. The van der Waals surface area contributed by atoms with Gasteiger partial charge in [-0.2, -0.15) is 0 Å². The molecule has 5 heteroatoms. The first-order chi connectivity index (χ1) is 9.22. The van der Waals surface area contributed by atoms with E-state index >= 15 is 0 Å². The molecule has 1 saturated heterocycles. The molecule has 1 aliphatic heterocycles. The molecule has 2 N–H and O–H groups in total. The third-order valence-electron chi connectivity index (χ3n) is 3.68. The summed E-state index contributed by atoms with van der Waals surface area (Å²) in [6.45, 7) is 2.74. The number of hydrogen-bond acceptors (Lipinski definition) is 4. The molecule has 1 aromatic rings. The molecule has 1 aromatic heterocycles. The minimum absolute atomic E-state index is 0.162. The van der Waals surface area contributed by atoms with E-state index < -0.39 is 0 Å². The number of pyridine rings is 1. The first-order valence-corrected chi connectivity index (χ1v) is 7.60. The molecule has 0 aromatic carbocycles. The Bertz CT molecular complexity index is 402. The van der Waals surface area contributed by atoms with E-state index in [0.717, 1.165) is 30.6 Å². The molecule has 2 unspecified atom stereocenters. The van der Waals surface area contributed by atoms with Crippen LogP contribution in [0.4, 0.5) is 0 Å². The van der Waals surface area contributed by atoms with Crippen molar-refractivity contribution in [3.05, 3.63) is 28.5 Å². The third-order valence-corrected chi connectivity index (χ3v) is 4.12. The van der Waals surface area contributed by atoms with Gasteiger partial charge in [-0.3, -0.25) is 9.88 Å². The molecule has 0 saturated carbocycles. The van der Waals surface area contributed by atoms with Crippen LogP contribution in [0, 0.1) is 0 Å². The zero-order valence-corrected chi connectivity index (χ0v) is 13.0. The van der Waals surface area contributed by atoms with Gasteiger partial charge in [-0.15, -0.1) is 0 Å². The summed E-state index contributed by atoms with van der Waals surface area (Å²) < 4.78 is 6.23. The lowest BCUT2D eigenvalue weighted by molar-refractivity contribution is 0.115. The summed E-state index contributed by atoms with van der Waals surface area (Å²) in [6, 6.07) is 2.53. The maximum Gasteiger partial charge on any atom is 0.0589 e. The van der Waals surface area contributed by atoms with Crippen LogP contribution >= 0.6 is 15.9 Å². The summed E-state index contributed by atoms with van der Waals surface area (Å²) >= 11 is 3.49. The van der Waals surface area contributed by atoms with Crippen molar-refractivity contribution in [1.82, 2.24) is 9.88 Å². The van der Waals surface area contributed by atoms with Crippen LogP contribution in [0.1, 0.15) is 30.9 Å². The first-order valence-electron chi connectivity index (χ1n) is 6.81. The highest BCUT2D eigenvalue weighted by molar-refractivity contribution is 9.10. The molecule has 0 spiro atoms. The fraction of sp³-hybridized carbons (Fsp3) is 0.643. The van der Waals surface area contributed by atoms with Crippen LogP contribution in [0.3, 0.4) is 0 Å². The Balaban J connectivity index is 2.23. The first kappa shape index (κ1) is 14.9. The Morgan fingerprint density at radius 3 is 3.05 bits per heavy atom. The minimum atomic E-state index is 0.162. The summed E-state index contributed by atoms with van der Waals surface area (Å²) in [7, 11) is 1.74. The highest BCUT2D eigenvalue weighted by Crippen LogP contribution is 2.30. The van der Waals surface area contributed by atoms with Crippen molar-refractivity contribution in [2.75, 3.05) is 26.8 Å². The topological polar surface area (TPSA) is 51.4 Å². The number of hydrogen-bond donors (Lipinski definition) is 1. The number of nitrogens with two attached hydrogens (primary N) is 1. The van der Waals surface area contributed by atoms with Gasteiger partial charge >= 0.3 is 0 Å². The maximum absolute atomic E-state index is 6.40. The van der Waals surface area contributed by atoms with Gasteiger partial charge in [0.2, 0.25) is 0 Å². The summed E-state index contributed by atoms with van der Waals surface area (Å²) in [6.07, 6.45) is 7.21. The largest absolute Gasteiger partial charge is 0.383 e. The normalized spacial score (nSPS) is 25.2. The van der Waals surface area contributed by atoms with E-state index in [1.807, 2.05) is 12.4 Å². The minimum Gasteiger partial charge on any atom is -0.383 e. The quantitative estimate of drug-likeness (QED) is 0.922. The maximum atomic E-state index is 6.40. The molecule has 1 fully saturated rings. The smallest absolute Gasteiger partial charge is 0.0589 e. The van der Waals surface area contributed by atoms with E-state index in [9.17, 15) is 0 Å². The predicted molar refractivity (Wildman–Crippen MR) is 80.0 cm³/mol. The monoisotopic (exact) mass is 327 g/mol. The van der Waals surface area contributed by atoms with Crippen LogP contribution < -0.4 is 5.73 Å². The van der Waals surface area contributed by atoms with Gasteiger partial charge in [0, 0.05) is 36.6 Å². The second kappa shape index (κ2) is 7.33. The lowest BCUT2D eigenvalue weighted by atomic mass is 9.98. The molecule has 2 atom stereocenters. The highest BCUT2D eigenvalue weighted by Gasteiger charge is 2.28. The summed E-state index contributed by atoms with van der Waals surface area (Å²) in [4.78, 5) is 6.71. The van der Waals surface area contributed by atoms with Crippen molar-refractivity contribution in [2.45, 2.75) is 31.3 Å². The van der Waals surface area contributed by atoms with Gasteiger partial charge in [-0.25, -0.2) is 0 Å². The van der Waals surface area contributed by atoms with Crippen LogP contribution in [0.5, 0.6) is 0 Å². The van der Waals surface area contributed by atoms with Crippen molar-refractivity contribution in [3.63, 3.8) is 0 Å². The standard InChI is InChI=1S/C14H22BrN3O/c1-19-7-6-18-5-3-2-4-13(16)14(18)11-8-12(15)10-17-9-11/h8-10,13-14H,2-7,16H2,1H3. The number of rotatable bonds is 4. The summed E-state index contributed by atoms with van der Waals surface area (Å²) in [5.41, 5.74) is 7.59. The summed E-state index contributed by atoms with van der Waals surface area (Å²) in [5, 5.41) is 0. The Morgan fingerprint density at radius 2 is 2.32 bits per heavy atom. The van der Waals surface area contributed by atoms with Crippen molar-refractivity contribution < 1.29 is 4.74 Å². The Labute approximate surface area is 123 Å². The van der Waals surface area contributed by atoms with Crippen molar-refractivity contribution in [1.29, 1.82) is 0 Å². The summed E-state index contributed by atoms with van der Waals surface area (Å²) in [5.74, 6) is 0. The Kier molecular flexibility index (Phi) is 5.76. The van der Waals surface area contributed by atoms with Crippen LogP contribution in [-0.2, 0) is 4.74 Å². The molecule has 1 aliphatic rings. The number of nitrogens with zero attached hydrogens (tertiary/aromatic N) is 2. The molecule has 0 radical (unpaired) electrons. The van der Waals surface area contributed by atoms with Gasteiger partial charge < -0.3 is 10.5 Å². The SMILES string of the molecule is COCCN1CCCCC(N)C1c1cncc(Br)c1. The highest BCUT2D eigenvalue weighted by atomic mass is 79.9. The van der Waals surface area contributed by atoms with Gasteiger partial charge in [0.15, 0.2) is 0 Å². The zero-order valence-electron chi connectivity index (χ0n) is 11.4. The average Bonchev–Trinajstić information content (AvgIpc) is 2.58. The van der Waals surface area contributed by atoms with Gasteiger partial charge in [0.1, 0.15) is 0 Å². The molecule has 106 valence electrons.